The van der Waals surface area contributed by atoms with Gasteiger partial charge in [0.1, 0.15) is 17.7 Å². The zero-order valence-electron chi connectivity index (χ0n) is 22.7. The molecule has 1 aliphatic rings. The number of thiophene rings is 1. The molecule has 1 aromatic carbocycles. The van der Waals surface area contributed by atoms with Crippen molar-refractivity contribution in [3.63, 3.8) is 0 Å². The molecule has 0 radical (unpaired) electrons. The molecule has 0 bridgehead atoms. The Morgan fingerprint density at radius 2 is 1.89 bits per heavy atom. The van der Waals surface area contributed by atoms with Crippen LogP contribution in [-0.4, -0.2) is 53.1 Å². The van der Waals surface area contributed by atoms with Crippen molar-refractivity contribution in [2.24, 2.45) is 5.92 Å². The largest absolute Gasteiger partial charge is 0.471 e. The maximum absolute atomic E-state index is 13.3. The highest BCUT2D eigenvalue weighted by atomic mass is 32.1. The summed E-state index contributed by atoms with van der Waals surface area (Å²) in [6.45, 7) is 15.6. The van der Waals surface area contributed by atoms with E-state index in [1.807, 2.05) is 61.4 Å². The maximum atomic E-state index is 13.3. The van der Waals surface area contributed by atoms with E-state index >= 15 is 0 Å². The molecule has 2 amide bonds. The number of rotatable bonds is 10. The molecule has 1 aromatic heterocycles. The lowest BCUT2D eigenvalue weighted by molar-refractivity contribution is -0.129. The monoisotopic (exact) mass is 527 g/mol. The molecule has 1 N–H and O–H groups in total. The van der Waals surface area contributed by atoms with Crippen molar-refractivity contribution in [3.8, 4) is 0 Å². The highest BCUT2D eigenvalue weighted by molar-refractivity contribution is 7.09. The second-order valence-electron chi connectivity index (χ2n) is 10.6. The van der Waals surface area contributed by atoms with Crippen molar-refractivity contribution in [2.45, 2.75) is 71.8 Å². The molecule has 7 nitrogen and oxygen atoms in total. The lowest BCUT2D eigenvalue weighted by atomic mass is 9.96. The van der Waals surface area contributed by atoms with E-state index in [-0.39, 0.29) is 18.6 Å². The molecule has 1 saturated heterocycles. The van der Waals surface area contributed by atoms with Crippen LogP contribution >= 0.6 is 11.3 Å². The molecule has 1 aliphatic heterocycles. The van der Waals surface area contributed by atoms with Crippen molar-refractivity contribution in [3.05, 3.63) is 70.7 Å². The van der Waals surface area contributed by atoms with Crippen LogP contribution in [0.3, 0.4) is 0 Å². The van der Waals surface area contributed by atoms with Crippen LogP contribution in [0.5, 0.6) is 0 Å². The molecule has 37 heavy (non-hydrogen) atoms. The van der Waals surface area contributed by atoms with E-state index in [9.17, 15) is 9.59 Å². The summed E-state index contributed by atoms with van der Waals surface area (Å²) in [4.78, 5) is 30.9. The van der Waals surface area contributed by atoms with Crippen molar-refractivity contribution in [2.75, 3.05) is 19.6 Å². The van der Waals surface area contributed by atoms with Crippen LogP contribution in [0.25, 0.3) is 0 Å². The number of carbonyl (C=O) groups excluding carboxylic acids is 2. The van der Waals surface area contributed by atoms with Crippen LogP contribution in [0, 0.1) is 5.92 Å². The summed E-state index contributed by atoms with van der Waals surface area (Å²) >= 11 is 1.58. The highest BCUT2D eigenvalue weighted by Crippen LogP contribution is 2.30. The third-order valence-electron chi connectivity index (χ3n) is 6.44. The number of ether oxygens (including phenoxy) is 2. The Hall–Kier alpha value is -3.00. The van der Waals surface area contributed by atoms with E-state index in [0.29, 0.717) is 31.4 Å². The molecule has 3 unspecified atom stereocenters. The number of carbonyl (C=O) groups is 2. The molecular weight excluding hydrogens is 486 g/mol. The minimum atomic E-state index is -0.728. The Kier molecular flexibility index (Phi) is 10.0. The van der Waals surface area contributed by atoms with E-state index in [4.69, 9.17) is 9.47 Å². The van der Waals surface area contributed by atoms with Gasteiger partial charge in [-0.05, 0) is 56.7 Å². The molecular formula is C29H41N3O4S. The number of piperazine rings is 1. The fourth-order valence-electron chi connectivity index (χ4n) is 4.17. The zero-order chi connectivity index (χ0) is 27.0. The Morgan fingerprint density at radius 3 is 2.51 bits per heavy atom. The van der Waals surface area contributed by atoms with E-state index < -0.39 is 17.7 Å². The number of hydrogen-bond acceptors (Lipinski definition) is 6. The second kappa shape index (κ2) is 13.0. The van der Waals surface area contributed by atoms with Crippen LogP contribution in [0.4, 0.5) is 4.79 Å². The average Bonchev–Trinajstić information content (AvgIpc) is 3.39. The number of amides is 2. The molecule has 1 fully saturated rings. The number of benzene rings is 1. The lowest BCUT2D eigenvalue weighted by Gasteiger charge is -2.42. The van der Waals surface area contributed by atoms with Gasteiger partial charge in [0.2, 0.25) is 5.91 Å². The summed E-state index contributed by atoms with van der Waals surface area (Å²) in [5.74, 6) is 0.769. The predicted molar refractivity (Wildman–Crippen MR) is 148 cm³/mol. The molecule has 0 spiro atoms. The molecule has 8 heteroatoms. The normalized spacial score (nSPS) is 17.6. The molecule has 3 atom stereocenters. The van der Waals surface area contributed by atoms with Gasteiger partial charge in [0.25, 0.3) is 0 Å². The van der Waals surface area contributed by atoms with Crippen LogP contribution in [0.1, 0.15) is 64.0 Å². The van der Waals surface area contributed by atoms with Gasteiger partial charge in [-0.2, -0.15) is 0 Å². The van der Waals surface area contributed by atoms with Crippen molar-refractivity contribution < 1.29 is 19.1 Å². The Bertz CT molecular complexity index is 1020. The summed E-state index contributed by atoms with van der Waals surface area (Å²) in [5, 5.41) is 4.96. The summed E-state index contributed by atoms with van der Waals surface area (Å²) in [7, 11) is 0. The first-order valence-corrected chi connectivity index (χ1v) is 13.9. The Balaban J connectivity index is 1.74. The fourth-order valence-corrected chi connectivity index (χ4v) is 4.81. The first-order valence-electron chi connectivity index (χ1n) is 13.0. The summed E-state index contributed by atoms with van der Waals surface area (Å²) < 4.78 is 12.1. The Morgan fingerprint density at radius 1 is 1.16 bits per heavy atom. The van der Waals surface area contributed by atoms with Gasteiger partial charge >= 0.3 is 6.09 Å². The number of hydrogen-bond donors (Lipinski definition) is 1. The molecule has 0 aliphatic carbocycles. The molecule has 0 saturated carbocycles. The number of nitrogens with one attached hydrogen (secondary N) is 1. The zero-order valence-corrected chi connectivity index (χ0v) is 23.6. The molecule has 2 heterocycles. The average molecular weight is 528 g/mol. The summed E-state index contributed by atoms with van der Waals surface area (Å²) in [5.41, 5.74) is 0.444. The van der Waals surface area contributed by atoms with Crippen molar-refractivity contribution in [1.29, 1.82) is 0 Å². The fraction of sp³-hybridized carbons (Fsp3) is 0.517. The van der Waals surface area contributed by atoms with Crippen LogP contribution < -0.4 is 5.32 Å². The molecule has 202 valence electrons. The SMILES string of the molecule is C=C(OC(CC(C)CC)c1ccccc1)N1CCN(C(=O)OC(C)(C)C)C(C(=O)NCc2cccs2)C1. The van der Waals surface area contributed by atoms with Gasteiger partial charge < -0.3 is 19.7 Å². The first kappa shape index (κ1) is 28.6. The second-order valence-corrected chi connectivity index (χ2v) is 11.6. The van der Waals surface area contributed by atoms with Crippen molar-refractivity contribution in [1.82, 2.24) is 15.1 Å². The topological polar surface area (TPSA) is 71.1 Å². The molecule has 3 rings (SSSR count). The highest BCUT2D eigenvalue weighted by Gasteiger charge is 2.38. The first-order chi connectivity index (χ1) is 17.6. The minimum Gasteiger partial charge on any atom is -0.471 e. The van der Waals surface area contributed by atoms with Crippen molar-refractivity contribution >= 4 is 23.3 Å². The van der Waals surface area contributed by atoms with Gasteiger partial charge in [0, 0.05) is 18.0 Å². The third-order valence-corrected chi connectivity index (χ3v) is 7.32. The van der Waals surface area contributed by atoms with E-state index in [1.54, 1.807) is 11.3 Å². The van der Waals surface area contributed by atoms with Crippen LogP contribution in [-0.2, 0) is 20.8 Å². The van der Waals surface area contributed by atoms with E-state index in [2.05, 4.69) is 37.9 Å². The van der Waals surface area contributed by atoms with Crippen LogP contribution in [0.15, 0.2) is 60.3 Å². The van der Waals surface area contributed by atoms with E-state index in [0.717, 1.165) is 23.3 Å². The smallest absolute Gasteiger partial charge is 0.411 e. The van der Waals surface area contributed by atoms with Gasteiger partial charge in [-0.3, -0.25) is 9.69 Å². The van der Waals surface area contributed by atoms with E-state index in [1.165, 1.54) is 4.90 Å². The maximum Gasteiger partial charge on any atom is 0.411 e. The Labute approximate surface area is 225 Å². The summed E-state index contributed by atoms with van der Waals surface area (Å²) in [6, 6.07) is 13.4. The lowest BCUT2D eigenvalue weighted by Crippen LogP contribution is -2.60. The molecule has 2 aromatic rings. The standard InChI is InChI=1S/C29H41N3O4S/c1-7-21(2)18-26(23-12-9-8-10-13-23)35-22(3)31-15-16-32(28(34)36-29(4,5)6)25(20-31)27(33)30-19-24-14-11-17-37-24/h8-14,17,21,25-26H,3,7,15-16,18-20H2,1-2,4-6H3,(H,30,33). The van der Waals surface area contributed by atoms with Gasteiger partial charge in [0.05, 0.1) is 13.1 Å². The van der Waals surface area contributed by atoms with Gasteiger partial charge in [0.15, 0.2) is 5.88 Å². The number of nitrogens with zero attached hydrogens (tertiary/aromatic N) is 2. The third kappa shape index (κ3) is 8.52. The predicted octanol–water partition coefficient (Wildman–Crippen LogP) is 5.95. The minimum absolute atomic E-state index is 0.140. The van der Waals surface area contributed by atoms with Gasteiger partial charge in [-0.1, -0.05) is 56.7 Å². The quantitative estimate of drug-likeness (QED) is 0.387. The summed E-state index contributed by atoms with van der Waals surface area (Å²) in [6.07, 6.45) is 1.29. The van der Waals surface area contributed by atoms with Gasteiger partial charge in [-0.25, -0.2) is 4.79 Å². The van der Waals surface area contributed by atoms with Gasteiger partial charge in [-0.15, -0.1) is 11.3 Å². The van der Waals surface area contributed by atoms with Crippen LogP contribution in [0.2, 0.25) is 0 Å².